The summed E-state index contributed by atoms with van der Waals surface area (Å²) in [5.74, 6) is 0. The zero-order valence-electron chi connectivity index (χ0n) is 8.76. The highest BCUT2D eigenvalue weighted by atomic mass is 79.9. The molecule has 0 aliphatic carbocycles. The molecule has 2 nitrogen and oxygen atoms in total. The van der Waals surface area contributed by atoms with Gasteiger partial charge in [-0.1, -0.05) is 15.9 Å². The lowest BCUT2D eigenvalue weighted by atomic mass is 10.2. The molecule has 0 spiro atoms. The third-order valence-electron chi connectivity index (χ3n) is 2.28. The number of nitrogens with two attached hydrogens (primary N) is 1. The summed E-state index contributed by atoms with van der Waals surface area (Å²) in [6.07, 6.45) is 0. The molecule has 0 aliphatic heterocycles. The first kappa shape index (κ1) is 11.5. The molecule has 0 bridgehead atoms. The van der Waals surface area contributed by atoms with E-state index in [2.05, 4.69) is 52.9 Å². The van der Waals surface area contributed by atoms with E-state index in [1.54, 1.807) is 0 Å². The zero-order chi connectivity index (χ0) is 10.6. The molecule has 1 aromatic carbocycles. The Kier molecular flexibility index (Phi) is 4.42. The van der Waals surface area contributed by atoms with Crippen LogP contribution < -0.4 is 10.6 Å². The summed E-state index contributed by atoms with van der Waals surface area (Å²) in [6, 6.07) is 6.34. The number of nitrogens with zero attached hydrogens (tertiary/aromatic N) is 1. The van der Waals surface area contributed by atoms with Gasteiger partial charge in [-0.05, 0) is 37.6 Å². The Hall–Kier alpha value is -0.540. The Morgan fingerprint density at radius 2 is 2.14 bits per heavy atom. The minimum Gasteiger partial charge on any atom is -0.370 e. The molecule has 0 radical (unpaired) electrons. The molecule has 78 valence electrons. The van der Waals surface area contributed by atoms with E-state index in [0.29, 0.717) is 6.54 Å². The lowest BCUT2D eigenvalue weighted by Crippen LogP contribution is -2.29. The number of hydrogen-bond acceptors (Lipinski definition) is 2. The van der Waals surface area contributed by atoms with Crippen molar-refractivity contribution < 1.29 is 0 Å². The molecule has 1 aromatic rings. The third-order valence-corrected chi connectivity index (χ3v) is 2.77. The number of rotatable bonds is 4. The van der Waals surface area contributed by atoms with Crippen molar-refractivity contribution in [3.05, 3.63) is 28.2 Å². The summed E-state index contributed by atoms with van der Waals surface area (Å²) in [5, 5.41) is 0. The number of halogens is 1. The molecule has 0 amide bonds. The van der Waals surface area contributed by atoms with Gasteiger partial charge in [0.2, 0.25) is 0 Å². The van der Waals surface area contributed by atoms with Gasteiger partial charge in [0, 0.05) is 29.8 Å². The van der Waals surface area contributed by atoms with Crippen LogP contribution in [0, 0.1) is 6.92 Å². The van der Waals surface area contributed by atoms with Crippen molar-refractivity contribution in [2.45, 2.75) is 13.8 Å². The van der Waals surface area contributed by atoms with E-state index in [-0.39, 0.29) is 0 Å². The molecule has 1 rings (SSSR count). The molecule has 0 aromatic heterocycles. The molecule has 3 heteroatoms. The van der Waals surface area contributed by atoms with E-state index in [0.717, 1.165) is 17.6 Å². The topological polar surface area (TPSA) is 29.3 Å². The van der Waals surface area contributed by atoms with Crippen LogP contribution in [0.3, 0.4) is 0 Å². The highest BCUT2D eigenvalue weighted by Crippen LogP contribution is 2.23. The van der Waals surface area contributed by atoms with Crippen molar-refractivity contribution in [1.29, 1.82) is 0 Å². The van der Waals surface area contributed by atoms with Crippen molar-refractivity contribution >= 4 is 21.6 Å². The maximum Gasteiger partial charge on any atom is 0.0397 e. The summed E-state index contributed by atoms with van der Waals surface area (Å²) in [4.78, 5) is 2.29. The maximum atomic E-state index is 5.57. The van der Waals surface area contributed by atoms with Gasteiger partial charge in [-0.25, -0.2) is 0 Å². The summed E-state index contributed by atoms with van der Waals surface area (Å²) >= 11 is 3.46. The van der Waals surface area contributed by atoms with Gasteiger partial charge in [0.15, 0.2) is 0 Å². The number of benzene rings is 1. The monoisotopic (exact) mass is 256 g/mol. The number of anilines is 1. The Bertz CT molecular complexity index is 299. The van der Waals surface area contributed by atoms with Gasteiger partial charge in [-0.15, -0.1) is 0 Å². The molecule has 0 fully saturated rings. The summed E-state index contributed by atoms with van der Waals surface area (Å²) in [7, 11) is 0. The SMILES string of the molecule is CCN(CCN)c1ccc(Br)cc1C. The molecule has 0 unspecified atom stereocenters. The van der Waals surface area contributed by atoms with E-state index < -0.39 is 0 Å². The fourth-order valence-corrected chi connectivity index (χ4v) is 2.05. The quantitative estimate of drug-likeness (QED) is 0.898. The van der Waals surface area contributed by atoms with Crippen molar-refractivity contribution in [2.24, 2.45) is 5.73 Å². The molecule has 0 aliphatic rings. The molecule has 14 heavy (non-hydrogen) atoms. The van der Waals surface area contributed by atoms with Crippen LogP contribution in [-0.2, 0) is 0 Å². The van der Waals surface area contributed by atoms with Crippen LogP contribution in [0.2, 0.25) is 0 Å². The van der Waals surface area contributed by atoms with Crippen molar-refractivity contribution in [2.75, 3.05) is 24.5 Å². The number of aryl methyl sites for hydroxylation is 1. The lowest BCUT2D eigenvalue weighted by Gasteiger charge is -2.24. The first-order valence-electron chi connectivity index (χ1n) is 4.90. The molecule has 0 saturated carbocycles. The predicted octanol–water partition coefficient (Wildman–Crippen LogP) is 2.54. The van der Waals surface area contributed by atoms with E-state index in [1.807, 2.05) is 0 Å². The maximum absolute atomic E-state index is 5.57. The van der Waals surface area contributed by atoms with Crippen LogP contribution in [0.1, 0.15) is 12.5 Å². The highest BCUT2D eigenvalue weighted by molar-refractivity contribution is 9.10. The highest BCUT2D eigenvalue weighted by Gasteiger charge is 2.05. The van der Waals surface area contributed by atoms with Gasteiger partial charge < -0.3 is 10.6 Å². The third kappa shape index (κ3) is 2.72. The second-order valence-corrected chi connectivity index (χ2v) is 4.21. The minimum atomic E-state index is 0.698. The molecule has 0 heterocycles. The molecule has 2 N–H and O–H groups in total. The summed E-state index contributed by atoms with van der Waals surface area (Å²) in [6.45, 7) is 6.89. The van der Waals surface area contributed by atoms with Crippen LogP contribution in [0.4, 0.5) is 5.69 Å². The van der Waals surface area contributed by atoms with Crippen LogP contribution in [-0.4, -0.2) is 19.6 Å². The van der Waals surface area contributed by atoms with E-state index in [1.165, 1.54) is 11.3 Å². The average molecular weight is 257 g/mol. The van der Waals surface area contributed by atoms with Crippen LogP contribution in [0.25, 0.3) is 0 Å². The second kappa shape index (κ2) is 5.37. The van der Waals surface area contributed by atoms with Gasteiger partial charge in [-0.2, -0.15) is 0 Å². The predicted molar refractivity (Wildman–Crippen MR) is 65.8 cm³/mol. The Morgan fingerprint density at radius 1 is 1.43 bits per heavy atom. The first-order valence-corrected chi connectivity index (χ1v) is 5.69. The Labute approximate surface area is 94.2 Å². The van der Waals surface area contributed by atoms with Gasteiger partial charge in [-0.3, -0.25) is 0 Å². The first-order chi connectivity index (χ1) is 6.69. The zero-order valence-corrected chi connectivity index (χ0v) is 10.3. The van der Waals surface area contributed by atoms with Crippen LogP contribution >= 0.6 is 15.9 Å². The normalized spacial score (nSPS) is 10.3. The number of hydrogen-bond donors (Lipinski definition) is 1. The molecular formula is C11H17BrN2. The Morgan fingerprint density at radius 3 is 2.64 bits per heavy atom. The summed E-state index contributed by atoms with van der Waals surface area (Å²) in [5.41, 5.74) is 8.14. The van der Waals surface area contributed by atoms with Crippen LogP contribution in [0.15, 0.2) is 22.7 Å². The van der Waals surface area contributed by atoms with Crippen LogP contribution in [0.5, 0.6) is 0 Å². The summed E-state index contributed by atoms with van der Waals surface area (Å²) < 4.78 is 1.13. The standard InChI is InChI=1S/C11H17BrN2/c1-3-14(7-6-13)11-5-4-10(12)8-9(11)2/h4-5,8H,3,6-7,13H2,1-2H3. The minimum absolute atomic E-state index is 0.698. The van der Waals surface area contributed by atoms with Gasteiger partial charge in [0.1, 0.15) is 0 Å². The smallest absolute Gasteiger partial charge is 0.0397 e. The fourth-order valence-electron chi connectivity index (χ4n) is 1.58. The average Bonchev–Trinajstić information content (AvgIpc) is 2.15. The van der Waals surface area contributed by atoms with E-state index >= 15 is 0 Å². The van der Waals surface area contributed by atoms with Crippen molar-refractivity contribution in [1.82, 2.24) is 0 Å². The molecular weight excluding hydrogens is 240 g/mol. The lowest BCUT2D eigenvalue weighted by molar-refractivity contribution is 0.813. The largest absolute Gasteiger partial charge is 0.370 e. The molecule has 0 saturated heterocycles. The fraction of sp³-hybridized carbons (Fsp3) is 0.455. The van der Waals surface area contributed by atoms with E-state index in [9.17, 15) is 0 Å². The van der Waals surface area contributed by atoms with Gasteiger partial charge >= 0.3 is 0 Å². The number of likely N-dealkylation sites (N-methyl/N-ethyl adjacent to an activating group) is 1. The Balaban J connectivity index is 2.92. The molecule has 0 atom stereocenters. The second-order valence-electron chi connectivity index (χ2n) is 3.30. The van der Waals surface area contributed by atoms with Crippen molar-refractivity contribution in [3.8, 4) is 0 Å². The van der Waals surface area contributed by atoms with Gasteiger partial charge in [0.25, 0.3) is 0 Å². The van der Waals surface area contributed by atoms with Crippen molar-refractivity contribution in [3.63, 3.8) is 0 Å². The van der Waals surface area contributed by atoms with Gasteiger partial charge in [0.05, 0.1) is 0 Å². The van der Waals surface area contributed by atoms with E-state index in [4.69, 9.17) is 5.73 Å².